The van der Waals surface area contributed by atoms with Crippen LogP contribution in [-0.4, -0.2) is 55.4 Å². The van der Waals surface area contributed by atoms with E-state index in [-0.39, 0.29) is 18.3 Å². The molecule has 2 aromatic carbocycles. The molecule has 0 bridgehead atoms. The summed E-state index contributed by atoms with van der Waals surface area (Å²) in [4.78, 5) is 15.5. The number of benzene rings is 2. The van der Waals surface area contributed by atoms with Crippen LogP contribution in [0.15, 0.2) is 54.6 Å². The molecule has 0 spiro atoms. The Balaban J connectivity index is 0.00000300. The van der Waals surface area contributed by atoms with E-state index in [2.05, 4.69) is 21.9 Å². The summed E-state index contributed by atoms with van der Waals surface area (Å²) in [6.07, 6.45) is 1.71. The Kier molecular flexibility index (Phi) is 9.74. The lowest BCUT2D eigenvalue weighted by Gasteiger charge is -2.30. The first-order valence-corrected chi connectivity index (χ1v) is 10.1. The van der Waals surface area contributed by atoms with Gasteiger partial charge in [-0.25, -0.2) is 0 Å². The molecule has 1 heterocycles. The Morgan fingerprint density at radius 1 is 1.14 bits per heavy atom. The highest BCUT2D eigenvalue weighted by molar-refractivity contribution is 6.30. The van der Waals surface area contributed by atoms with E-state index in [4.69, 9.17) is 16.3 Å². The van der Waals surface area contributed by atoms with Crippen molar-refractivity contribution in [1.29, 1.82) is 0 Å². The van der Waals surface area contributed by atoms with Crippen LogP contribution in [0.1, 0.15) is 12.8 Å². The fourth-order valence-electron chi connectivity index (χ4n) is 3.57. The van der Waals surface area contributed by atoms with Crippen LogP contribution in [0.5, 0.6) is 0 Å². The van der Waals surface area contributed by atoms with Crippen molar-refractivity contribution >= 4 is 41.4 Å². The van der Waals surface area contributed by atoms with Gasteiger partial charge in [-0.15, -0.1) is 12.4 Å². The largest absolute Gasteiger partial charge is 0.481 e. The van der Waals surface area contributed by atoms with Gasteiger partial charge in [0, 0.05) is 36.0 Å². The van der Waals surface area contributed by atoms with Crippen molar-refractivity contribution in [1.82, 2.24) is 4.90 Å². The van der Waals surface area contributed by atoms with Gasteiger partial charge >= 0.3 is 5.97 Å². The maximum Gasteiger partial charge on any atom is 0.307 e. The van der Waals surface area contributed by atoms with Gasteiger partial charge in [0.1, 0.15) is 0 Å². The van der Waals surface area contributed by atoms with E-state index in [1.807, 2.05) is 42.5 Å². The van der Waals surface area contributed by atoms with Gasteiger partial charge in [0.25, 0.3) is 0 Å². The molecule has 1 atom stereocenters. The molecule has 1 saturated heterocycles. The number of hydrogen-bond donors (Lipinski definition) is 1. The van der Waals surface area contributed by atoms with Gasteiger partial charge in [-0.1, -0.05) is 35.9 Å². The summed E-state index contributed by atoms with van der Waals surface area (Å²) in [5, 5.41) is 9.90. The Labute approximate surface area is 183 Å². The molecule has 3 rings (SSSR count). The van der Waals surface area contributed by atoms with Crippen molar-refractivity contribution in [3.63, 3.8) is 0 Å². The molecule has 1 fully saturated rings. The quantitative estimate of drug-likeness (QED) is 0.574. The van der Waals surface area contributed by atoms with Gasteiger partial charge in [0.2, 0.25) is 0 Å². The number of rotatable bonds is 9. The minimum Gasteiger partial charge on any atom is -0.481 e. The standard InChI is InChI=1S/C22H27ClN2O3.ClH/c23-19-7-4-10-21(16-19)25(20-8-2-1-3-9-20)13-15-28-14-12-24-11-5-6-18(17-24)22(26)27;/h1-4,7-10,16,18H,5-6,11-15,17H2,(H,26,27);1H/t18-;/m1./s1. The van der Waals surface area contributed by atoms with Crippen molar-refractivity contribution < 1.29 is 14.6 Å². The zero-order valence-corrected chi connectivity index (χ0v) is 17.9. The van der Waals surface area contributed by atoms with Crippen LogP contribution in [0, 0.1) is 5.92 Å². The number of carboxylic acid groups (broad SMARTS) is 1. The van der Waals surface area contributed by atoms with Gasteiger partial charge in [-0.05, 0) is 49.7 Å². The lowest BCUT2D eigenvalue weighted by molar-refractivity contribution is -0.143. The minimum atomic E-state index is -0.689. The summed E-state index contributed by atoms with van der Waals surface area (Å²) in [5.74, 6) is -0.934. The molecule has 5 nitrogen and oxygen atoms in total. The molecule has 2 aromatic rings. The molecule has 0 aromatic heterocycles. The average molecular weight is 439 g/mol. The van der Waals surface area contributed by atoms with E-state index >= 15 is 0 Å². The molecular weight excluding hydrogens is 411 g/mol. The third-order valence-electron chi connectivity index (χ3n) is 5.05. The zero-order valence-electron chi connectivity index (χ0n) is 16.4. The monoisotopic (exact) mass is 438 g/mol. The lowest BCUT2D eigenvalue weighted by Crippen LogP contribution is -2.40. The number of ether oxygens (including phenoxy) is 1. The molecule has 1 aliphatic rings. The molecule has 158 valence electrons. The van der Waals surface area contributed by atoms with E-state index in [9.17, 15) is 9.90 Å². The van der Waals surface area contributed by atoms with E-state index in [1.165, 1.54) is 0 Å². The number of aliphatic carboxylic acids is 1. The predicted molar refractivity (Wildman–Crippen MR) is 120 cm³/mol. The first-order chi connectivity index (χ1) is 13.6. The fraction of sp³-hybridized carbons (Fsp3) is 0.409. The molecule has 0 unspecified atom stereocenters. The summed E-state index contributed by atoms with van der Waals surface area (Å²) in [6, 6.07) is 18.0. The van der Waals surface area contributed by atoms with Gasteiger partial charge in [-0.3, -0.25) is 4.79 Å². The normalized spacial score (nSPS) is 16.8. The highest BCUT2D eigenvalue weighted by atomic mass is 35.5. The molecule has 29 heavy (non-hydrogen) atoms. The Hall–Kier alpha value is -1.79. The number of carbonyl (C=O) groups is 1. The number of carboxylic acids is 1. The zero-order chi connectivity index (χ0) is 19.8. The van der Waals surface area contributed by atoms with Gasteiger partial charge < -0.3 is 19.6 Å². The third kappa shape index (κ3) is 7.19. The second kappa shape index (κ2) is 12.0. The van der Waals surface area contributed by atoms with Gasteiger partial charge in [0.15, 0.2) is 0 Å². The third-order valence-corrected chi connectivity index (χ3v) is 5.29. The van der Waals surface area contributed by atoms with Crippen LogP contribution in [-0.2, 0) is 9.53 Å². The molecule has 0 aliphatic carbocycles. The van der Waals surface area contributed by atoms with Crippen molar-refractivity contribution in [3.8, 4) is 0 Å². The van der Waals surface area contributed by atoms with Crippen LogP contribution in [0.25, 0.3) is 0 Å². The molecular formula is C22H28Cl2N2O3. The van der Waals surface area contributed by atoms with E-state index in [1.54, 1.807) is 0 Å². The highest BCUT2D eigenvalue weighted by Gasteiger charge is 2.24. The second-order valence-electron chi connectivity index (χ2n) is 7.06. The number of anilines is 2. The molecule has 0 amide bonds. The highest BCUT2D eigenvalue weighted by Crippen LogP contribution is 2.27. The van der Waals surface area contributed by atoms with Crippen LogP contribution in [0.2, 0.25) is 5.02 Å². The van der Waals surface area contributed by atoms with Crippen molar-refractivity contribution in [3.05, 3.63) is 59.6 Å². The number of piperidine rings is 1. The van der Waals surface area contributed by atoms with Crippen LogP contribution >= 0.6 is 24.0 Å². The SMILES string of the molecule is Cl.O=C(O)[C@@H]1CCCN(CCOCCN(c2ccccc2)c2cccc(Cl)c2)C1. The first-order valence-electron chi connectivity index (χ1n) is 9.74. The number of nitrogens with zero attached hydrogens (tertiary/aromatic N) is 2. The molecule has 0 saturated carbocycles. The Morgan fingerprint density at radius 2 is 1.90 bits per heavy atom. The van der Waals surface area contributed by atoms with Crippen molar-refractivity contribution in [2.45, 2.75) is 12.8 Å². The molecule has 7 heteroatoms. The smallest absolute Gasteiger partial charge is 0.307 e. The van der Waals surface area contributed by atoms with Crippen LogP contribution < -0.4 is 4.90 Å². The van der Waals surface area contributed by atoms with Crippen molar-refractivity contribution in [2.24, 2.45) is 5.92 Å². The maximum absolute atomic E-state index is 11.2. The van der Waals surface area contributed by atoms with E-state index in [0.717, 1.165) is 37.3 Å². The summed E-state index contributed by atoms with van der Waals surface area (Å²) in [5.41, 5.74) is 2.12. The minimum absolute atomic E-state index is 0. The Morgan fingerprint density at radius 3 is 2.62 bits per heavy atom. The molecule has 0 radical (unpaired) electrons. The van der Waals surface area contributed by atoms with Crippen LogP contribution in [0.3, 0.4) is 0 Å². The fourth-order valence-corrected chi connectivity index (χ4v) is 3.76. The molecule has 1 aliphatic heterocycles. The second-order valence-corrected chi connectivity index (χ2v) is 7.49. The lowest BCUT2D eigenvalue weighted by atomic mass is 9.98. The predicted octanol–water partition coefficient (Wildman–Crippen LogP) is 4.71. The number of hydrogen-bond acceptors (Lipinski definition) is 4. The van der Waals surface area contributed by atoms with E-state index in [0.29, 0.717) is 31.3 Å². The summed E-state index contributed by atoms with van der Waals surface area (Å²) in [6.45, 7) is 4.24. The maximum atomic E-state index is 11.2. The van der Waals surface area contributed by atoms with Gasteiger partial charge in [0.05, 0.1) is 19.1 Å². The van der Waals surface area contributed by atoms with E-state index < -0.39 is 5.97 Å². The number of halogens is 2. The van der Waals surface area contributed by atoms with Crippen molar-refractivity contribution in [2.75, 3.05) is 44.3 Å². The van der Waals surface area contributed by atoms with Gasteiger partial charge in [-0.2, -0.15) is 0 Å². The number of likely N-dealkylation sites (tertiary alicyclic amines) is 1. The summed E-state index contributed by atoms with van der Waals surface area (Å²) in [7, 11) is 0. The summed E-state index contributed by atoms with van der Waals surface area (Å²) >= 11 is 6.17. The summed E-state index contributed by atoms with van der Waals surface area (Å²) < 4.78 is 5.87. The Bertz CT molecular complexity index is 761. The topological polar surface area (TPSA) is 53.0 Å². The first kappa shape index (κ1) is 23.5. The number of para-hydroxylation sites is 1. The average Bonchev–Trinajstić information content (AvgIpc) is 2.71. The molecule has 1 N–H and O–H groups in total. The van der Waals surface area contributed by atoms with Crippen LogP contribution in [0.4, 0.5) is 11.4 Å².